The number of thioether (sulfide) groups is 1. The molecule has 0 unspecified atom stereocenters. The van der Waals surface area contributed by atoms with E-state index < -0.39 is 0 Å². The zero-order valence-corrected chi connectivity index (χ0v) is 17.5. The Kier molecular flexibility index (Phi) is 7.58. The fourth-order valence-electron chi connectivity index (χ4n) is 3.97. The fourth-order valence-corrected chi connectivity index (χ4v) is 4.96. The molecule has 1 saturated carbocycles. The van der Waals surface area contributed by atoms with Crippen molar-refractivity contribution in [2.45, 2.75) is 57.6 Å². The predicted octanol–water partition coefficient (Wildman–Crippen LogP) is 6.80. The highest BCUT2D eigenvalue weighted by Gasteiger charge is 2.21. The highest BCUT2D eigenvalue weighted by Crippen LogP contribution is 2.34. The Morgan fingerprint density at radius 1 is 0.889 bits per heavy atom. The molecule has 27 heavy (non-hydrogen) atoms. The lowest BCUT2D eigenvalue weighted by molar-refractivity contribution is 0.103. The van der Waals surface area contributed by atoms with Crippen molar-refractivity contribution in [1.29, 1.82) is 0 Å². The van der Waals surface area contributed by atoms with Crippen LogP contribution in [0.1, 0.15) is 67.4 Å². The summed E-state index contributed by atoms with van der Waals surface area (Å²) in [7, 11) is 0. The summed E-state index contributed by atoms with van der Waals surface area (Å²) in [5.74, 6) is 3.29. The molecular weight excluding hydrogens is 348 g/mol. The Morgan fingerprint density at radius 3 is 2.11 bits per heavy atom. The molecule has 0 amide bonds. The largest absolute Gasteiger partial charge is 0.289 e. The minimum absolute atomic E-state index is 0.111. The number of rotatable bonds is 8. The van der Waals surface area contributed by atoms with E-state index in [0.29, 0.717) is 0 Å². The van der Waals surface area contributed by atoms with Gasteiger partial charge in [0.1, 0.15) is 0 Å². The molecule has 0 heterocycles. The van der Waals surface area contributed by atoms with Crippen LogP contribution in [0, 0.1) is 11.8 Å². The van der Waals surface area contributed by atoms with Gasteiger partial charge in [0, 0.05) is 11.1 Å². The lowest BCUT2D eigenvalue weighted by Crippen LogP contribution is -2.17. The third kappa shape index (κ3) is 6.24. The molecule has 0 radical (unpaired) electrons. The third-order valence-electron chi connectivity index (χ3n) is 5.72. The van der Waals surface area contributed by atoms with Crippen molar-refractivity contribution in [2.75, 3.05) is 5.75 Å². The average molecular weight is 381 g/mol. The summed E-state index contributed by atoms with van der Waals surface area (Å²) in [5, 5.41) is 0.763. The van der Waals surface area contributed by atoms with E-state index in [1.54, 1.807) is 0 Å². The number of carbonyl (C=O) groups is 1. The summed E-state index contributed by atoms with van der Waals surface area (Å²) in [4.78, 5) is 12.5. The highest BCUT2D eigenvalue weighted by atomic mass is 32.2. The molecule has 0 aliphatic heterocycles. The van der Waals surface area contributed by atoms with E-state index in [-0.39, 0.29) is 5.78 Å². The molecule has 0 aromatic heterocycles. The summed E-state index contributed by atoms with van der Waals surface area (Å²) < 4.78 is 0. The minimum atomic E-state index is 0.111. The summed E-state index contributed by atoms with van der Waals surface area (Å²) in [6.07, 6.45) is 8.04. The summed E-state index contributed by atoms with van der Waals surface area (Å²) in [6.45, 7) is 4.60. The van der Waals surface area contributed by atoms with E-state index in [4.69, 9.17) is 0 Å². The number of ketones is 1. The Bertz CT molecular complexity index is 697. The molecule has 0 spiro atoms. The van der Waals surface area contributed by atoms with Crippen molar-refractivity contribution in [3.63, 3.8) is 0 Å². The van der Waals surface area contributed by atoms with Crippen molar-refractivity contribution >= 4 is 17.5 Å². The van der Waals surface area contributed by atoms with Crippen molar-refractivity contribution in [3.8, 4) is 0 Å². The molecule has 0 N–H and O–H groups in total. The Hall–Kier alpha value is -1.54. The summed E-state index contributed by atoms with van der Waals surface area (Å²) in [5.41, 5.74) is 2.91. The van der Waals surface area contributed by atoms with Gasteiger partial charge in [0.25, 0.3) is 0 Å². The van der Waals surface area contributed by atoms with Gasteiger partial charge in [-0.2, -0.15) is 11.8 Å². The van der Waals surface area contributed by atoms with Crippen LogP contribution in [-0.2, 0) is 6.42 Å². The molecule has 0 atom stereocenters. The van der Waals surface area contributed by atoms with Crippen LogP contribution in [0.15, 0.2) is 54.6 Å². The molecule has 2 aromatic rings. The Balaban J connectivity index is 1.44. The van der Waals surface area contributed by atoms with Crippen LogP contribution in [0.3, 0.4) is 0 Å². The van der Waals surface area contributed by atoms with Gasteiger partial charge >= 0.3 is 0 Å². The van der Waals surface area contributed by atoms with Crippen molar-refractivity contribution in [3.05, 3.63) is 71.3 Å². The number of hydrogen-bond acceptors (Lipinski definition) is 2. The SMILES string of the molecule is CC(C)SCC1CCC(CCc2ccc(C(=O)c3ccccc3)cc2)CC1. The first-order valence-electron chi connectivity index (χ1n) is 10.4. The molecular formula is C25H32OS. The molecule has 2 aromatic carbocycles. The zero-order valence-electron chi connectivity index (χ0n) is 16.7. The van der Waals surface area contributed by atoms with Gasteiger partial charge in [-0.1, -0.05) is 81.3 Å². The summed E-state index contributed by atoms with van der Waals surface area (Å²) in [6, 6.07) is 17.8. The molecule has 3 rings (SSSR count). The second-order valence-electron chi connectivity index (χ2n) is 8.20. The standard InChI is InChI=1S/C25H32OS/c1-19(2)27-18-22-12-10-20(11-13-22)8-9-21-14-16-24(17-15-21)25(26)23-6-4-3-5-7-23/h3-7,14-17,19-20,22H,8-13,18H2,1-2H3. The van der Waals surface area contributed by atoms with Gasteiger partial charge in [0.05, 0.1) is 0 Å². The van der Waals surface area contributed by atoms with Gasteiger partial charge in [-0.05, 0) is 54.1 Å². The number of aryl methyl sites for hydroxylation is 1. The molecule has 0 bridgehead atoms. The molecule has 1 aliphatic rings. The van der Waals surface area contributed by atoms with E-state index >= 15 is 0 Å². The average Bonchev–Trinajstić information content (AvgIpc) is 2.72. The van der Waals surface area contributed by atoms with E-state index in [2.05, 4.69) is 37.7 Å². The van der Waals surface area contributed by atoms with Gasteiger partial charge in [-0.15, -0.1) is 0 Å². The first-order chi connectivity index (χ1) is 13.1. The number of carbonyl (C=O) groups excluding carboxylic acids is 1. The maximum absolute atomic E-state index is 12.5. The topological polar surface area (TPSA) is 17.1 Å². The van der Waals surface area contributed by atoms with Gasteiger partial charge in [-0.25, -0.2) is 0 Å². The van der Waals surface area contributed by atoms with Crippen LogP contribution in [0.5, 0.6) is 0 Å². The second kappa shape index (κ2) is 10.1. The lowest BCUT2D eigenvalue weighted by Gasteiger charge is -2.28. The molecule has 1 nitrogen and oxygen atoms in total. The van der Waals surface area contributed by atoms with E-state index in [1.807, 2.05) is 42.5 Å². The van der Waals surface area contributed by atoms with E-state index in [0.717, 1.165) is 34.6 Å². The third-order valence-corrected chi connectivity index (χ3v) is 7.06. The number of benzene rings is 2. The Labute approximate surface area is 169 Å². The van der Waals surface area contributed by atoms with Crippen LogP contribution in [0.4, 0.5) is 0 Å². The van der Waals surface area contributed by atoms with Crippen LogP contribution < -0.4 is 0 Å². The number of hydrogen-bond donors (Lipinski definition) is 0. The highest BCUT2D eigenvalue weighted by molar-refractivity contribution is 7.99. The van der Waals surface area contributed by atoms with Gasteiger partial charge < -0.3 is 0 Å². The van der Waals surface area contributed by atoms with Crippen molar-refractivity contribution in [1.82, 2.24) is 0 Å². The molecule has 1 fully saturated rings. The Morgan fingerprint density at radius 2 is 1.48 bits per heavy atom. The molecule has 1 aliphatic carbocycles. The van der Waals surface area contributed by atoms with E-state index in [1.165, 1.54) is 43.4 Å². The maximum Gasteiger partial charge on any atom is 0.193 e. The van der Waals surface area contributed by atoms with Crippen molar-refractivity contribution < 1.29 is 4.79 Å². The smallest absolute Gasteiger partial charge is 0.193 e. The molecule has 144 valence electrons. The minimum Gasteiger partial charge on any atom is -0.289 e. The fraction of sp³-hybridized carbons (Fsp3) is 0.480. The van der Waals surface area contributed by atoms with Crippen LogP contribution in [-0.4, -0.2) is 16.8 Å². The maximum atomic E-state index is 12.5. The van der Waals surface area contributed by atoms with Gasteiger partial charge in [0.15, 0.2) is 5.78 Å². The lowest BCUT2D eigenvalue weighted by atomic mass is 9.80. The van der Waals surface area contributed by atoms with Crippen LogP contribution in [0.2, 0.25) is 0 Å². The quantitative estimate of drug-likeness (QED) is 0.469. The monoisotopic (exact) mass is 380 g/mol. The zero-order chi connectivity index (χ0) is 19.1. The van der Waals surface area contributed by atoms with Crippen LogP contribution in [0.25, 0.3) is 0 Å². The first kappa shape index (κ1) is 20.2. The molecule has 2 heteroatoms. The predicted molar refractivity (Wildman–Crippen MR) is 118 cm³/mol. The van der Waals surface area contributed by atoms with Gasteiger partial charge in [0.2, 0.25) is 0 Å². The first-order valence-corrected chi connectivity index (χ1v) is 11.5. The normalized spacial score (nSPS) is 20.0. The molecule has 0 saturated heterocycles. The summed E-state index contributed by atoms with van der Waals surface area (Å²) >= 11 is 2.12. The van der Waals surface area contributed by atoms with Crippen molar-refractivity contribution in [2.24, 2.45) is 11.8 Å². The van der Waals surface area contributed by atoms with E-state index in [9.17, 15) is 4.79 Å². The second-order valence-corrected chi connectivity index (χ2v) is 9.81. The van der Waals surface area contributed by atoms with Gasteiger partial charge in [-0.3, -0.25) is 4.79 Å². The van der Waals surface area contributed by atoms with Crippen LogP contribution >= 0.6 is 11.8 Å².